The molecule has 0 bridgehead atoms. The lowest BCUT2D eigenvalue weighted by Gasteiger charge is -2.24. The molecule has 174 valence electrons. The second kappa shape index (κ2) is 9.80. The normalized spacial score (nSPS) is 11.8. The summed E-state index contributed by atoms with van der Waals surface area (Å²) in [6.45, 7) is -0.791. The van der Waals surface area contributed by atoms with Crippen molar-refractivity contribution >= 4 is 62.1 Å². The van der Waals surface area contributed by atoms with Crippen LogP contribution in [-0.2, 0) is 21.0 Å². The molecular weight excluding hydrogens is 524 g/mol. The van der Waals surface area contributed by atoms with E-state index in [-0.39, 0.29) is 31.3 Å². The van der Waals surface area contributed by atoms with Crippen molar-refractivity contribution in [2.45, 2.75) is 11.1 Å². The van der Waals surface area contributed by atoms with Crippen LogP contribution in [0.2, 0.25) is 15.1 Å². The summed E-state index contributed by atoms with van der Waals surface area (Å²) in [6, 6.07) is 13.6. The van der Waals surface area contributed by atoms with Gasteiger partial charge in [0.25, 0.3) is 10.0 Å². The van der Waals surface area contributed by atoms with Crippen LogP contribution in [0.1, 0.15) is 5.56 Å². The first kappa shape index (κ1) is 25.2. The summed E-state index contributed by atoms with van der Waals surface area (Å²) in [5, 5.41) is 2.31. The summed E-state index contributed by atoms with van der Waals surface area (Å²) >= 11 is 17.9. The summed E-state index contributed by atoms with van der Waals surface area (Å²) in [6.07, 6.45) is -4.66. The highest BCUT2D eigenvalue weighted by Gasteiger charge is 2.32. The van der Waals surface area contributed by atoms with Gasteiger partial charge in [-0.1, -0.05) is 53.0 Å². The standard InChI is InChI=1S/C21H14Cl3F3N2O3S/c22-14-9-15(23)11-16(10-14)29(33(31,32)17-4-2-1-3-5-17)12-20(30)28-19-8-13(21(25,26)27)6-7-18(19)24/h1-11H,12H2,(H,28,30). The quantitative estimate of drug-likeness (QED) is 0.390. The fourth-order valence-electron chi connectivity index (χ4n) is 2.84. The maximum absolute atomic E-state index is 13.3. The van der Waals surface area contributed by atoms with Crippen LogP contribution in [0.3, 0.4) is 0 Å². The molecular formula is C21H14Cl3F3N2O3S. The van der Waals surface area contributed by atoms with Gasteiger partial charge in [-0.15, -0.1) is 0 Å². The molecule has 1 amide bonds. The maximum atomic E-state index is 13.3. The first-order chi connectivity index (χ1) is 15.4. The highest BCUT2D eigenvalue weighted by atomic mass is 35.5. The first-order valence-corrected chi connectivity index (χ1v) is 11.7. The molecule has 5 nitrogen and oxygen atoms in total. The number of alkyl halides is 3. The van der Waals surface area contributed by atoms with Crippen LogP contribution in [0.15, 0.2) is 71.6 Å². The molecule has 0 saturated heterocycles. The topological polar surface area (TPSA) is 66.5 Å². The molecule has 0 radical (unpaired) electrons. The number of sulfonamides is 1. The lowest BCUT2D eigenvalue weighted by molar-refractivity contribution is -0.137. The molecule has 0 aromatic heterocycles. The molecule has 0 aliphatic heterocycles. The van der Waals surface area contributed by atoms with Crippen molar-refractivity contribution in [1.82, 2.24) is 0 Å². The number of hydrogen-bond acceptors (Lipinski definition) is 3. The number of anilines is 2. The Bertz CT molecular complexity index is 1270. The number of halogens is 6. The number of carbonyl (C=O) groups is 1. The maximum Gasteiger partial charge on any atom is 0.416 e. The highest BCUT2D eigenvalue weighted by molar-refractivity contribution is 7.92. The predicted octanol–water partition coefficient (Wildman–Crippen LogP) is 6.50. The molecule has 0 fully saturated rings. The van der Waals surface area contributed by atoms with Gasteiger partial charge < -0.3 is 5.32 Å². The smallest absolute Gasteiger partial charge is 0.323 e. The molecule has 0 saturated carbocycles. The van der Waals surface area contributed by atoms with Gasteiger partial charge >= 0.3 is 6.18 Å². The van der Waals surface area contributed by atoms with Gasteiger partial charge in [0.1, 0.15) is 6.54 Å². The Morgan fingerprint density at radius 3 is 2.09 bits per heavy atom. The zero-order chi connectivity index (χ0) is 24.4. The zero-order valence-corrected chi connectivity index (χ0v) is 19.5. The number of hydrogen-bond donors (Lipinski definition) is 1. The van der Waals surface area contributed by atoms with Crippen molar-refractivity contribution in [1.29, 1.82) is 0 Å². The Kier molecular flexibility index (Phi) is 7.48. The lowest BCUT2D eigenvalue weighted by Crippen LogP contribution is -2.38. The monoisotopic (exact) mass is 536 g/mol. The number of amides is 1. The molecule has 3 aromatic carbocycles. The number of rotatable bonds is 6. The molecule has 0 spiro atoms. The van der Waals surface area contributed by atoms with Crippen LogP contribution in [0.5, 0.6) is 0 Å². The summed E-state index contributed by atoms with van der Waals surface area (Å²) < 4.78 is 66.4. The van der Waals surface area contributed by atoms with Crippen molar-refractivity contribution in [3.05, 3.63) is 87.4 Å². The van der Waals surface area contributed by atoms with Crippen molar-refractivity contribution in [3.63, 3.8) is 0 Å². The number of carbonyl (C=O) groups excluding carboxylic acids is 1. The van der Waals surface area contributed by atoms with Gasteiger partial charge in [-0.3, -0.25) is 9.10 Å². The van der Waals surface area contributed by atoms with Gasteiger partial charge in [-0.05, 0) is 48.5 Å². The van der Waals surface area contributed by atoms with Crippen LogP contribution in [0.25, 0.3) is 0 Å². The molecule has 33 heavy (non-hydrogen) atoms. The Morgan fingerprint density at radius 1 is 0.909 bits per heavy atom. The molecule has 1 N–H and O–H groups in total. The molecule has 3 rings (SSSR count). The van der Waals surface area contributed by atoms with Crippen LogP contribution in [0, 0.1) is 0 Å². The van der Waals surface area contributed by atoms with Crippen LogP contribution in [0.4, 0.5) is 24.5 Å². The summed E-state index contributed by atoms with van der Waals surface area (Å²) in [5.41, 5.74) is -1.36. The second-order valence-electron chi connectivity index (χ2n) is 6.69. The van der Waals surface area contributed by atoms with Gasteiger partial charge in [-0.2, -0.15) is 13.2 Å². The fraction of sp³-hybridized carbons (Fsp3) is 0.0952. The van der Waals surface area contributed by atoms with Gasteiger partial charge in [0.15, 0.2) is 0 Å². The zero-order valence-electron chi connectivity index (χ0n) is 16.4. The Morgan fingerprint density at radius 2 is 1.52 bits per heavy atom. The van der Waals surface area contributed by atoms with E-state index in [2.05, 4.69) is 5.32 Å². The van der Waals surface area contributed by atoms with E-state index in [9.17, 15) is 26.4 Å². The molecule has 0 aliphatic carbocycles. The van der Waals surface area contributed by atoms with Crippen LogP contribution < -0.4 is 9.62 Å². The van der Waals surface area contributed by atoms with E-state index in [0.29, 0.717) is 6.07 Å². The highest BCUT2D eigenvalue weighted by Crippen LogP contribution is 2.34. The van der Waals surface area contributed by atoms with Crippen molar-refractivity contribution in [3.8, 4) is 0 Å². The third kappa shape index (κ3) is 6.11. The molecule has 3 aromatic rings. The van der Waals surface area contributed by atoms with Crippen molar-refractivity contribution < 1.29 is 26.4 Å². The van der Waals surface area contributed by atoms with Gasteiger partial charge in [-0.25, -0.2) is 8.42 Å². The minimum atomic E-state index is -4.66. The van der Waals surface area contributed by atoms with E-state index in [1.165, 1.54) is 42.5 Å². The molecule has 0 atom stereocenters. The van der Waals surface area contributed by atoms with E-state index in [1.54, 1.807) is 6.07 Å². The second-order valence-corrected chi connectivity index (χ2v) is 9.84. The largest absolute Gasteiger partial charge is 0.416 e. The lowest BCUT2D eigenvalue weighted by atomic mass is 10.2. The van der Waals surface area contributed by atoms with Gasteiger partial charge in [0, 0.05) is 10.0 Å². The van der Waals surface area contributed by atoms with Crippen molar-refractivity contribution in [2.24, 2.45) is 0 Å². The number of nitrogens with zero attached hydrogens (tertiary/aromatic N) is 1. The molecule has 0 aliphatic rings. The third-order valence-corrected chi connectivity index (χ3v) is 6.88. The van der Waals surface area contributed by atoms with Gasteiger partial charge in [0.2, 0.25) is 5.91 Å². The van der Waals surface area contributed by atoms with Crippen LogP contribution >= 0.6 is 34.8 Å². The Hall–Kier alpha value is -2.46. The number of nitrogens with one attached hydrogen (secondary N) is 1. The van der Waals surface area contributed by atoms with E-state index >= 15 is 0 Å². The number of benzene rings is 3. The van der Waals surface area contributed by atoms with E-state index in [1.807, 2.05) is 0 Å². The SMILES string of the molecule is O=C(CN(c1cc(Cl)cc(Cl)c1)S(=O)(=O)c1ccccc1)Nc1cc(C(F)(F)F)ccc1Cl. The third-order valence-electron chi connectivity index (χ3n) is 4.32. The predicted molar refractivity (Wildman–Crippen MR) is 123 cm³/mol. The van der Waals surface area contributed by atoms with Crippen LogP contribution in [-0.4, -0.2) is 20.9 Å². The summed E-state index contributed by atoms with van der Waals surface area (Å²) in [5.74, 6) is -0.938. The molecule has 0 heterocycles. The first-order valence-electron chi connectivity index (χ1n) is 9.08. The molecule has 12 heteroatoms. The summed E-state index contributed by atoms with van der Waals surface area (Å²) in [7, 11) is -4.27. The molecule has 0 unspecified atom stereocenters. The summed E-state index contributed by atoms with van der Waals surface area (Å²) in [4.78, 5) is 12.6. The minimum absolute atomic E-state index is 0.0124. The van der Waals surface area contributed by atoms with Crippen molar-refractivity contribution in [2.75, 3.05) is 16.2 Å². The van der Waals surface area contributed by atoms with Gasteiger partial charge in [0.05, 0.1) is 26.9 Å². The average Bonchev–Trinajstić information content (AvgIpc) is 2.72. The van der Waals surface area contributed by atoms with E-state index < -0.39 is 34.2 Å². The van der Waals surface area contributed by atoms with E-state index in [0.717, 1.165) is 16.4 Å². The minimum Gasteiger partial charge on any atom is -0.323 e. The Labute approximate surface area is 202 Å². The average molecular weight is 538 g/mol. The van der Waals surface area contributed by atoms with E-state index in [4.69, 9.17) is 34.8 Å². The Balaban J connectivity index is 1.98. The fourth-order valence-corrected chi connectivity index (χ4v) is 4.94.